The highest BCUT2D eigenvalue weighted by Crippen LogP contribution is 2.33. The zero-order chi connectivity index (χ0) is 21.9. The van der Waals surface area contributed by atoms with Gasteiger partial charge in [-0.15, -0.1) is 11.3 Å². The molecule has 10 heteroatoms. The average molecular weight is 450 g/mol. The molecule has 1 amide bonds. The molecule has 0 aliphatic carbocycles. The highest BCUT2D eigenvalue weighted by molar-refractivity contribution is 7.15. The summed E-state index contributed by atoms with van der Waals surface area (Å²) >= 11 is 1.43. The van der Waals surface area contributed by atoms with Gasteiger partial charge < -0.3 is 15.4 Å². The molecule has 4 aromatic rings. The number of thiazole rings is 1. The van der Waals surface area contributed by atoms with Gasteiger partial charge in [0, 0.05) is 41.5 Å². The van der Waals surface area contributed by atoms with Gasteiger partial charge in [-0.05, 0) is 44.5 Å². The number of hydrogen-bond acceptors (Lipinski definition) is 8. The summed E-state index contributed by atoms with van der Waals surface area (Å²) in [6.45, 7) is 3.88. The van der Waals surface area contributed by atoms with Crippen LogP contribution in [0.4, 0.5) is 10.9 Å². The maximum atomic E-state index is 12.6. The van der Waals surface area contributed by atoms with E-state index in [0.717, 1.165) is 36.2 Å². The smallest absolute Gasteiger partial charge is 0.257 e. The number of carbonyl (C=O) groups excluding carboxylic acids is 1. The van der Waals surface area contributed by atoms with Crippen LogP contribution in [0.5, 0.6) is 11.5 Å². The van der Waals surface area contributed by atoms with Crippen molar-refractivity contribution >= 4 is 39.2 Å². The van der Waals surface area contributed by atoms with Crippen molar-refractivity contribution in [1.82, 2.24) is 25.5 Å². The standard InChI is InChI=1S/C22H23N7O2S/c1-13-11-25-22(32-13)27-21(30)14-4-2-6-16(10-14)31-17-7-9-24-19-18(17)20(29-28-19)26-15-5-3-8-23-12-15/h2,4,6-7,9-11,15,23H,3,5,8,12H2,1H3,(H,25,27,30)(H2,24,26,28,29). The molecule has 1 unspecified atom stereocenters. The molecule has 0 spiro atoms. The predicted octanol–water partition coefficient (Wildman–Crippen LogP) is 3.93. The van der Waals surface area contributed by atoms with Crippen molar-refractivity contribution in [2.75, 3.05) is 23.7 Å². The van der Waals surface area contributed by atoms with Crippen LogP contribution in [-0.2, 0) is 0 Å². The van der Waals surface area contributed by atoms with E-state index in [0.29, 0.717) is 39.7 Å². The number of nitrogens with zero attached hydrogens (tertiary/aromatic N) is 3. The molecule has 1 aliphatic rings. The van der Waals surface area contributed by atoms with Crippen LogP contribution in [-0.4, -0.2) is 45.2 Å². The number of nitrogens with one attached hydrogen (secondary N) is 4. The van der Waals surface area contributed by atoms with Crippen molar-refractivity contribution in [1.29, 1.82) is 0 Å². The van der Waals surface area contributed by atoms with Crippen LogP contribution in [0.3, 0.4) is 0 Å². The third kappa shape index (κ3) is 4.41. The SMILES string of the molecule is Cc1cnc(NC(=O)c2cccc(Oc3ccnc4[nH]nc(NC5CCCNC5)c34)c2)s1. The van der Waals surface area contributed by atoms with Crippen LogP contribution in [0, 0.1) is 6.92 Å². The highest BCUT2D eigenvalue weighted by Gasteiger charge is 2.19. The van der Waals surface area contributed by atoms with E-state index in [-0.39, 0.29) is 5.91 Å². The van der Waals surface area contributed by atoms with Crippen LogP contribution < -0.4 is 20.7 Å². The van der Waals surface area contributed by atoms with Crippen molar-refractivity contribution < 1.29 is 9.53 Å². The molecule has 0 saturated carbocycles. The molecule has 1 aliphatic heterocycles. The molecule has 32 heavy (non-hydrogen) atoms. The van der Waals surface area contributed by atoms with Gasteiger partial charge in [-0.1, -0.05) is 6.07 Å². The van der Waals surface area contributed by atoms with Crippen LogP contribution in [0.25, 0.3) is 11.0 Å². The number of ether oxygens (including phenoxy) is 1. The van der Waals surface area contributed by atoms with E-state index in [2.05, 4.69) is 36.1 Å². The van der Waals surface area contributed by atoms with Crippen LogP contribution >= 0.6 is 11.3 Å². The number of piperidine rings is 1. The lowest BCUT2D eigenvalue weighted by molar-refractivity contribution is 0.102. The number of aryl methyl sites for hydroxylation is 1. The number of aromatic amines is 1. The topological polar surface area (TPSA) is 117 Å². The minimum absolute atomic E-state index is 0.236. The Morgan fingerprint density at radius 3 is 3.03 bits per heavy atom. The van der Waals surface area contributed by atoms with Gasteiger partial charge in [0.05, 0.1) is 0 Å². The van der Waals surface area contributed by atoms with Gasteiger partial charge in [0.2, 0.25) is 0 Å². The van der Waals surface area contributed by atoms with Gasteiger partial charge >= 0.3 is 0 Å². The number of amides is 1. The maximum Gasteiger partial charge on any atom is 0.257 e. The Morgan fingerprint density at radius 1 is 1.28 bits per heavy atom. The Hall–Kier alpha value is -3.50. The fourth-order valence-corrected chi connectivity index (χ4v) is 4.35. The molecule has 1 atom stereocenters. The summed E-state index contributed by atoms with van der Waals surface area (Å²) in [5, 5.41) is 18.4. The highest BCUT2D eigenvalue weighted by atomic mass is 32.1. The molecule has 164 valence electrons. The lowest BCUT2D eigenvalue weighted by Crippen LogP contribution is -2.38. The van der Waals surface area contributed by atoms with E-state index >= 15 is 0 Å². The molecule has 4 heterocycles. The van der Waals surface area contributed by atoms with Gasteiger partial charge in [0.15, 0.2) is 16.6 Å². The Morgan fingerprint density at radius 2 is 2.22 bits per heavy atom. The third-order valence-electron chi connectivity index (χ3n) is 5.23. The second-order valence-corrected chi connectivity index (χ2v) is 8.89. The van der Waals surface area contributed by atoms with Gasteiger partial charge in [-0.25, -0.2) is 9.97 Å². The quantitative estimate of drug-likeness (QED) is 0.352. The first kappa shape index (κ1) is 20.4. The summed E-state index contributed by atoms with van der Waals surface area (Å²) in [6, 6.07) is 9.15. The van der Waals surface area contributed by atoms with Crippen molar-refractivity contribution in [3.63, 3.8) is 0 Å². The summed E-state index contributed by atoms with van der Waals surface area (Å²) in [5.74, 6) is 1.64. The van der Waals surface area contributed by atoms with Crippen molar-refractivity contribution in [3.05, 3.63) is 53.2 Å². The normalized spacial score (nSPS) is 16.1. The number of benzene rings is 1. The van der Waals surface area contributed by atoms with Crippen molar-refractivity contribution in [3.8, 4) is 11.5 Å². The van der Waals surface area contributed by atoms with E-state index in [4.69, 9.17) is 4.74 Å². The van der Waals surface area contributed by atoms with Crippen molar-refractivity contribution in [2.24, 2.45) is 0 Å². The predicted molar refractivity (Wildman–Crippen MR) is 125 cm³/mol. The van der Waals surface area contributed by atoms with Gasteiger partial charge in [0.1, 0.15) is 16.9 Å². The van der Waals surface area contributed by atoms with Gasteiger partial charge in [-0.3, -0.25) is 15.2 Å². The minimum Gasteiger partial charge on any atom is -0.456 e. The minimum atomic E-state index is -0.236. The number of H-pyrrole nitrogens is 1. The molecular weight excluding hydrogens is 426 g/mol. The zero-order valence-corrected chi connectivity index (χ0v) is 18.3. The lowest BCUT2D eigenvalue weighted by Gasteiger charge is -2.23. The molecule has 1 fully saturated rings. The summed E-state index contributed by atoms with van der Waals surface area (Å²) in [4.78, 5) is 22.2. The van der Waals surface area contributed by atoms with Crippen LogP contribution in [0.1, 0.15) is 28.1 Å². The number of hydrogen-bond donors (Lipinski definition) is 4. The van der Waals surface area contributed by atoms with E-state index in [1.165, 1.54) is 11.3 Å². The lowest BCUT2D eigenvalue weighted by atomic mass is 10.1. The Kier molecular flexibility index (Phi) is 5.70. The molecule has 3 aromatic heterocycles. The average Bonchev–Trinajstić information content (AvgIpc) is 3.41. The van der Waals surface area contributed by atoms with Crippen molar-refractivity contribution in [2.45, 2.75) is 25.8 Å². The number of anilines is 2. The van der Waals surface area contributed by atoms with Crippen LogP contribution in [0.2, 0.25) is 0 Å². The summed E-state index contributed by atoms with van der Waals surface area (Å²) < 4.78 is 6.18. The molecule has 5 rings (SSSR count). The maximum absolute atomic E-state index is 12.6. The molecule has 1 aromatic carbocycles. The fraction of sp³-hybridized carbons (Fsp3) is 0.273. The first-order valence-electron chi connectivity index (χ1n) is 10.5. The van der Waals surface area contributed by atoms with E-state index in [9.17, 15) is 4.79 Å². The first-order valence-corrected chi connectivity index (χ1v) is 11.3. The summed E-state index contributed by atoms with van der Waals surface area (Å²) in [5.41, 5.74) is 1.13. The zero-order valence-electron chi connectivity index (χ0n) is 17.5. The Balaban J connectivity index is 1.37. The second-order valence-electron chi connectivity index (χ2n) is 7.65. The number of carbonyl (C=O) groups is 1. The Bertz CT molecular complexity index is 1250. The molecule has 0 radical (unpaired) electrons. The van der Waals surface area contributed by atoms with E-state index in [1.54, 1.807) is 36.7 Å². The third-order valence-corrected chi connectivity index (χ3v) is 6.05. The molecule has 0 bridgehead atoms. The molecule has 9 nitrogen and oxygen atoms in total. The number of aromatic nitrogens is 4. The number of fused-ring (bicyclic) bond motifs is 1. The Labute approximate surface area is 188 Å². The number of pyridine rings is 1. The summed E-state index contributed by atoms with van der Waals surface area (Å²) in [7, 11) is 0. The number of rotatable bonds is 6. The second kappa shape index (κ2) is 8.93. The van der Waals surface area contributed by atoms with Gasteiger partial charge in [0.25, 0.3) is 5.91 Å². The molecule has 1 saturated heterocycles. The fourth-order valence-electron chi connectivity index (χ4n) is 3.69. The largest absolute Gasteiger partial charge is 0.456 e. The van der Waals surface area contributed by atoms with Crippen LogP contribution in [0.15, 0.2) is 42.7 Å². The summed E-state index contributed by atoms with van der Waals surface area (Å²) in [6.07, 6.45) is 5.60. The molecular formula is C22H23N7O2S. The monoisotopic (exact) mass is 449 g/mol. The van der Waals surface area contributed by atoms with E-state index in [1.807, 2.05) is 13.0 Å². The first-order chi connectivity index (χ1) is 15.7. The van der Waals surface area contributed by atoms with Gasteiger partial charge in [-0.2, -0.15) is 5.10 Å². The molecule has 4 N–H and O–H groups in total. The van der Waals surface area contributed by atoms with E-state index < -0.39 is 0 Å².